The monoisotopic (exact) mass is 827 g/mol. The molecular formula is C56H66N4O2. The molecule has 322 valence electrons. The number of aryl methyl sites for hydroxylation is 2. The molecule has 6 rings (SSSR count). The van der Waals surface area contributed by atoms with Crippen molar-refractivity contribution in [2.75, 3.05) is 11.5 Å². The zero-order chi connectivity index (χ0) is 44.5. The quantitative estimate of drug-likeness (QED) is 0.0541. The van der Waals surface area contributed by atoms with Crippen molar-refractivity contribution in [1.82, 2.24) is 0 Å². The number of nitrogen functional groups attached to an aromatic ring is 2. The third-order valence-corrected chi connectivity index (χ3v) is 12.0. The highest BCUT2D eigenvalue weighted by Crippen LogP contribution is 2.40. The molecule has 0 fully saturated rings. The summed E-state index contributed by atoms with van der Waals surface area (Å²) in [6.45, 7) is 17.9. The number of phenolic OH excluding ortho intramolecular Hbond substituents is 2. The lowest BCUT2D eigenvalue weighted by molar-refractivity contribution is 0.475. The molecular weight excluding hydrogens is 761 g/mol. The molecule has 1 atom stereocenters. The van der Waals surface area contributed by atoms with Crippen molar-refractivity contribution in [3.63, 3.8) is 0 Å². The molecule has 1 unspecified atom stereocenters. The average Bonchev–Trinajstić information content (AvgIpc) is 3.24. The third-order valence-electron chi connectivity index (χ3n) is 12.0. The number of nitrogens with two attached hydrogens (primary N) is 2. The van der Waals surface area contributed by atoms with Crippen LogP contribution in [0.2, 0.25) is 0 Å². The third kappa shape index (κ3) is 11.6. The van der Waals surface area contributed by atoms with Crippen LogP contribution in [0.25, 0.3) is 0 Å². The molecule has 6 aromatic rings. The van der Waals surface area contributed by atoms with Gasteiger partial charge in [-0.3, -0.25) is 9.98 Å². The Morgan fingerprint density at radius 1 is 0.532 bits per heavy atom. The lowest BCUT2D eigenvalue weighted by Gasteiger charge is -2.22. The number of anilines is 2. The van der Waals surface area contributed by atoms with Crippen LogP contribution in [0, 0.1) is 0 Å². The van der Waals surface area contributed by atoms with Gasteiger partial charge >= 0.3 is 0 Å². The van der Waals surface area contributed by atoms with E-state index < -0.39 is 0 Å². The molecule has 0 radical (unpaired) electrons. The second-order valence-electron chi connectivity index (χ2n) is 18.0. The number of hydrogen-bond donors (Lipinski definition) is 4. The van der Waals surface area contributed by atoms with E-state index in [0.29, 0.717) is 11.8 Å². The summed E-state index contributed by atoms with van der Waals surface area (Å²) in [7, 11) is 0. The predicted molar refractivity (Wildman–Crippen MR) is 264 cm³/mol. The molecule has 0 aliphatic rings. The standard InChI is InChI=1S/C56H66N4O2/c1-9-45-27-41(17-23-53(45)57)25-42-18-24-54(59-33-39-13-19-47(61)20-14-39)46(28-42)12-10-11-38(8)52-32-44(26-43-29-49(35(2)3)55(58)50(30-43)36(4)5)31-51(37(6)7)56(52)60-34-40-15-21-48(62)22-16-40/h13-24,27-38,61-62H,9-12,25-26,57-58H2,1-8H3. The highest BCUT2D eigenvalue weighted by molar-refractivity contribution is 5.84. The molecule has 0 bridgehead atoms. The number of nitrogens with zero attached hydrogens (tertiary/aromatic N) is 2. The second-order valence-corrected chi connectivity index (χ2v) is 18.0. The Labute approximate surface area is 370 Å². The Balaban J connectivity index is 1.34. The maximum Gasteiger partial charge on any atom is 0.115 e. The smallest absolute Gasteiger partial charge is 0.115 e. The van der Waals surface area contributed by atoms with E-state index in [1.165, 1.54) is 55.6 Å². The highest BCUT2D eigenvalue weighted by Gasteiger charge is 2.20. The number of benzene rings is 6. The molecule has 0 saturated carbocycles. The Morgan fingerprint density at radius 3 is 1.56 bits per heavy atom. The van der Waals surface area contributed by atoms with E-state index in [9.17, 15) is 10.2 Å². The topological polar surface area (TPSA) is 117 Å². The van der Waals surface area contributed by atoms with Gasteiger partial charge in [0.1, 0.15) is 11.5 Å². The van der Waals surface area contributed by atoms with Crippen LogP contribution in [0.4, 0.5) is 22.7 Å². The summed E-state index contributed by atoms with van der Waals surface area (Å²) in [5.41, 5.74) is 31.0. The number of hydrogen-bond acceptors (Lipinski definition) is 6. The number of phenols is 2. The van der Waals surface area contributed by atoms with Gasteiger partial charge in [-0.05, 0) is 190 Å². The summed E-state index contributed by atoms with van der Waals surface area (Å²) in [6.07, 6.45) is 9.12. The molecule has 6 aromatic carbocycles. The highest BCUT2D eigenvalue weighted by atomic mass is 16.3. The van der Waals surface area contributed by atoms with Crippen molar-refractivity contribution in [3.8, 4) is 11.5 Å². The fourth-order valence-electron chi connectivity index (χ4n) is 8.41. The van der Waals surface area contributed by atoms with Crippen LogP contribution >= 0.6 is 0 Å². The fraction of sp³-hybridized carbons (Fsp3) is 0.321. The van der Waals surface area contributed by atoms with Crippen molar-refractivity contribution < 1.29 is 10.2 Å². The first-order valence-electron chi connectivity index (χ1n) is 22.4. The van der Waals surface area contributed by atoms with Gasteiger partial charge in [-0.2, -0.15) is 0 Å². The van der Waals surface area contributed by atoms with Gasteiger partial charge in [-0.25, -0.2) is 0 Å². The first kappa shape index (κ1) is 45.4. The Hall–Kier alpha value is -6.14. The number of aliphatic imine (C=N–C) groups is 2. The van der Waals surface area contributed by atoms with E-state index in [1.54, 1.807) is 24.3 Å². The largest absolute Gasteiger partial charge is 0.508 e. The average molecular weight is 827 g/mol. The van der Waals surface area contributed by atoms with E-state index in [2.05, 4.69) is 110 Å². The van der Waals surface area contributed by atoms with Gasteiger partial charge in [0.2, 0.25) is 0 Å². The van der Waals surface area contributed by atoms with Crippen LogP contribution in [-0.4, -0.2) is 22.6 Å². The Morgan fingerprint density at radius 2 is 1.02 bits per heavy atom. The van der Waals surface area contributed by atoms with Gasteiger partial charge in [0.25, 0.3) is 0 Å². The molecule has 0 spiro atoms. The van der Waals surface area contributed by atoms with E-state index in [0.717, 1.165) is 72.4 Å². The fourth-order valence-corrected chi connectivity index (χ4v) is 8.41. The van der Waals surface area contributed by atoms with Crippen molar-refractivity contribution in [3.05, 3.63) is 176 Å². The minimum atomic E-state index is 0.220. The summed E-state index contributed by atoms with van der Waals surface area (Å²) in [6, 6.07) is 36.8. The molecule has 6 heteroatoms. The maximum atomic E-state index is 9.95. The van der Waals surface area contributed by atoms with Crippen LogP contribution in [0.3, 0.4) is 0 Å². The SMILES string of the molecule is CCc1cc(Cc2ccc(N=Cc3ccc(O)cc3)c(CCCC(C)c3cc(Cc4cc(C(C)C)c(N)c(C(C)C)c4)cc(C(C)C)c3N=Cc3ccc(O)cc3)c2)ccc1N. The summed E-state index contributed by atoms with van der Waals surface area (Å²) in [5, 5.41) is 19.8. The van der Waals surface area contributed by atoms with Crippen molar-refractivity contribution in [2.45, 2.75) is 118 Å². The van der Waals surface area contributed by atoms with Gasteiger partial charge in [0.15, 0.2) is 0 Å². The molecule has 6 nitrogen and oxygen atoms in total. The molecule has 62 heavy (non-hydrogen) atoms. The predicted octanol–water partition coefficient (Wildman–Crippen LogP) is 14.0. The zero-order valence-electron chi connectivity index (χ0n) is 38.0. The van der Waals surface area contributed by atoms with Gasteiger partial charge in [0, 0.05) is 23.8 Å². The van der Waals surface area contributed by atoms with E-state index in [4.69, 9.17) is 21.5 Å². The minimum Gasteiger partial charge on any atom is -0.508 e. The van der Waals surface area contributed by atoms with Gasteiger partial charge < -0.3 is 21.7 Å². The number of aromatic hydroxyl groups is 2. The Bertz CT molecular complexity index is 2480. The lowest BCUT2D eigenvalue weighted by atomic mass is 9.85. The summed E-state index contributed by atoms with van der Waals surface area (Å²) >= 11 is 0. The maximum absolute atomic E-state index is 9.95. The van der Waals surface area contributed by atoms with E-state index in [-0.39, 0.29) is 23.3 Å². The van der Waals surface area contributed by atoms with Gasteiger partial charge in [-0.1, -0.05) is 104 Å². The molecule has 0 amide bonds. The van der Waals surface area contributed by atoms with Crippen LogP contribution in [0.15, 0.2) is 119 Å². The van der Waals surface area contributed by atoms with Crippen LogP contribution in [0.5, 0.6) is 11.5 Å². The van der Waals surface area contributed by atoms with Crippen LogP contribution in [0.1, 0.15) is 159 Å². The zero-order valence-corrected chi connectivity index (χ0v) is 38.0. The van der Waals surface area contributed by atoms with Crippen molar-refractivity contribution >= 4 is 35.2 Å². The van der Waals surface area contributed by atoms with Crippen molar-refractivity contribution in [2.24, 2.45) is 9.98 Å². The number of rotatable bonds is 17. The molecule has 0 aliphatic heterocycles. The first-order valence-corrected chi connectivity index (χ1v) is 22.4. The van der Waals surface area contributed by atoms with E-state index >= 15 is 0 Å². The van der Waals surface area contributed by atoms with Gasteiger partial charge in [-0.15, -0.1) is 0 Å². The van der Waals surface area contributed by atoms with Crippen molar-refractivity contribution in [1.29, 1.82) is 0 Å². The minimum absolute atomic E-state index is 0.220. The normalized spacial score (nSPS) is 12.4. The summed E-state index contributed by atoms with van der Waals surface area (Å²) < 4.78 is 0. The van der Waals surface area contributed by atoms with Crippen LogP contribution in [-0.2, 0) is 25.7 Å². The molecule has 0 saturated heterocycles. The molecule has 0 aromatic heterocycles. The van der Waals surface area contributed by atoms with Crippen LogP contribution < -0.4 is 11.5 Å². The first-order chi connectivity index (χ1) is 29.7. The second kappa shape index (κ2) is 20.6. The van der Waals surface area contributed by atoms with E-state index in [1.807, 2.05) is 42.8 Å². The summed E-state index contributed by atoms with van der Waals surface area (Å²) in [5.74, 6) is 1.61. The summed E-state index contributed by atoms with van der Waals surface area (Å²) in [4.78, 5) is 10.2. The lowest BCUT2D eigenvalue weighted by Crippen LogP contribution is -2.06. The van der Waals surface area contributed by atoms with Gasteiger partial charge in [0.05, 0.1) is 11.4 Å². The molecule has 0 aliphatic carbocycles. The molecule has 0 heterocycles. The Kier molecular flexibility index (Phi) is 15.1. The molecule has 6 N–H and O–H groups in total.